The van der Waals surface area contributed by atoms with Crippen molar-refractivity contribution in [2.24, 2.45) is 5.92 Å². The van der Waals surface area contributed by atoms with E-state index in [1.165, 1.54) is 5.56 Å². The normalized spacial score (nSPS) is 10.2. The lowest BCUT2D eigenvalue weighted by Crippen LogP contribution is -2.05. The van der Waals surface area contributed by atoms with Gasteiger partial charge in [0.2, 0.25) is 0 Å². The van der Waals surface area contributed by atoms with E-state index in [4.69, 9.17) is 0 Å². The molecule has 0 aromatic heterocycles. The summed E-state index contributed by atoms with van der Waals surface area (Å²) in [6.45, 7) is 10.3. The van der Waals surface area contributed by atoms with Crippen LogP contribution in [-0.2, 0) is 0 Å². The second-order valence-corrected chi connectivity index (χ2v) is 3.62. The highest BCUT2D eigenvalue weighted by molar-refractivity contribution is 5.53. The summed E-state index contributed by atoms with van der Waals surface area (Å²) in [5, 5.41) is 3.32. The second kappa shape index (κ2) is 4.13. The molecule has 0 spiro atoms. The molecular weight excluding hydrogens is 158 g/mol. The minimum Gasteiger partial charge on any atom is -0.359 e. The Morgan fingerprint density at radius 3 is 2.46 bits per heavy atom. The average Bonchev–Trinajstić information content (AvgIpc) is 2.08. The summed E-state index contributed by atoms with van der Waals surface area (Å²) < 4.78 is 0. The van der Waals surface area contributed by atoms with Crippen molar-refractivity contribution < 1.29 is 0 Å². The van der Waals surface area contributed by atoms with Gasteiger partial charge in [-0.1, -0.05) is 38.6 Å². The van der Waals surface area contributed by atoms with Crippen LogP contribution in [0.4, 0.5) is 5.69 Å². The number of aryl methyl sites for hydroxylation is 1. The smallest absolute Gasteiger partial charge is 0.0411 e. The molecule has 0 amide bonds. The van der Waals surface area contributed by atoms with E-state index < -0.39 is 0 Å². The van der Waals surface area contributed by atoms with Crippen LogP contribution in [0.1, 0.15) is 19.4 Å². The van der Waals surface area contributed by atoms with Gasteiger partial charge in [0.15, 0.2) is 0 Å². The monoisotopic (exact) mass is 175 g/mol. The van der Waals surface area contributed by atoms with Gasteiger partial charge >= 0.3 is 0 Å². The molecule has 1 rings (SSSR count). The van der Waals surface area contributed by atoms with Gasteiger partial charge in [-0.15, -0.1) is 0 Å². The summed E-state index contributed by atoms with van der Waals surface area (Å²) in [5.74, 6) is 0.472. The molecule has 0 aliphatic carbocycles. The van der Waals surface area contributed by atoms with Gasteiger partial charge in [-0.3, -0.25) is 0 Å². The Morgan fingerprint density at radius 1 is 1.31 bits per heavy atom. The van der Waals surface area contributed by atoms with E-state index in [1.807, 2.05) is 12.1 Å². The molecule has 1 N–H and O–H groups in total. The fourth-order valence-electron chi connectivity index (χ4n) is 1.03. The van der Waals surface area contributed by atoms with Crippen molar-refractivity contribution in [1.29, 1.82) is 0 Å². The van der Waals surface area contributed by atoms with Gasteiger partial charge < -0.3 is 5.32 Å². The molecule has 1 heteroatoms. The SMILES string of the molecule is C=C(Nc1ccccc1C)C(C)C. The fraction of sp³-hybridized carbons (Fsp3) is 0.333. The maximum atomic E-state index is 3.98. The van der Waals surface area contributed by atoms with Gasteiger partial charge in [0.05, 0.1) is 0 Å². The molecule has 0 unspecified atom stereocenters. The molecule has 1 aromatic carbocycles. The average molecular weight is 175 g/mol. The number of rotatable bonds is 3. The van der Waals surface area contributed by atoms with E-state index in [0.717, 1.165) is 11.4 Å². The Kier molecular flexibility index (Phi) is 3.13. The third kappa shape index (κ3) is 2.62. The molecule has 13 heavy (non-hydrogen) atoms. The van der Waals surface area contributed by atoms with E-state index in [0.29, 0.717) is 5.92 Å². The van der Waals surface area contributed by atoms with Crippen LogP contribution in [-0.4, -0.2) is 0 Å². The zero-order valence-corrected chi connectivity index (χ0v) is 8.59. The first-order valence-electron chi connectivity index (χ1n) is 4.62. The van der Waals surface area contributed by atoms with Crippen LogP contribution in [0.2, 0.25) is 0 Å². The maximum absolute atomic E-state index is 3.98. The van der Waals surface area contributed by atoms with Crippen LogP contribution < -0.4 is 5.32 Å². The molecule has 0 fully saturated rings. The highest BCUT2D eigenvalue weighted by Crippen LogP contribution is 2.17. The fourth-order valence-corrected chi connectivity index (χ4v) is 1.03. The molecule has 1 nitrogen and oxygen atoms in total. The highest BCUT2D eigenvalue weighted by Gasteiger charge is 2.01. The van der Waals surface area contributed by atoms with Gasteiger partial charge in [0.25, 0.3) is 0 Å². The summed E-state index contributed by atoms with van der Waals surface area (Å²) in [7, 11) is 0. The van der Waals surface area contributed by atoms with E-state index in [9.17, 15) is 0 Å². The quantitative estimate of drug-likeness (QED) is 0.740. The number of hydrogen-bond acceptors (Lipinski definition) is 1. The van der Waals surface area contributed by atoms with E-state index in [2.05, 4.69) is 44.8 Å². The topological polar surface area (TPSA) is 12.0 Å². The highest BCUT2D eigenvalue weighted by atomic mass is 14.9. The molecular formula is C12H17N. The van der Waals surface area contributed by atoms with Gasteiger partial charge in [-0.2, -0.15) is 0 Å². The van der Waals surface area contributed by atoms with Crippen molar-refractivity contribution in [3.05, 3.63) is 42.1 Å². The molecule has 0 bridgehead atoms. The molecule has 0 aliphatic heterocycles. The van der Waals surface area contributed by atoms with Gasteiger partial charge in [-0.05, 0) is 24.5 Å². The van der Waals surface area contributed by atoms with Gasteiger partial charge in [0.1, 0.15) is 0 Å². The molecule has 70 valence electrons. The first kappa shape index (κ1) is 9.85. The number of benzene rings is 1. The number of anilines is 1. The molecule has 1 aromatic rings. The van der Waals surface area contributed by atoms with Gasteiger partial charge in [0, 0.05) is 11.4 Å². The van der Waals surface area contributed by atoms with Crippen LogP contribution in [0.25, 0.3) is 0 Å². The summed E-state index contributed by atoms with van der Waals surface area (Å²) in [4.78, 5) is 0. The van der Waals surface area contributed by atoms with E-state index >= 15 is 0 Å². The Labute approximate surface area is 80.5 Å². The summed E-state index contributed by atoms with van der Waals surface area (Å²) >= 11 is 0. The first-order valence-corrected chi connectivity index (χ1v) is 4.62. The standard InChI is InChI=1S/C12H17N/c1-9(2)11(4)13-12-8-6-5-7-10(12)3/h5-9,13H,4H2,1-3H3. The largest absolute Gasteiger partial charge is 0.359 e. The van der Waals surface area contributed by atoms with Crippen LogP contribution in [0, 0.1) is 12.8 Å². The molecule has 0 heterocycles. The van der Waals surface area contributed by atoms with Crippen molar-refractivity contribution >= 4 is 5.69 Å². The van der Waals surface area contributed by atoms with E-state index in [1.54, 1.807) is 0 Å². The minimum atomic E-state index is 0.472. The Bertz CT molecular complexity index is 300. The zero-order chi connectivity index (χ0) is 9.84. The number of hydrogen-bond donors (Lipinski definition) is 1. The summed E-state index contributed by atoms with van der Waals surface area (Å²) in [5.41, 5.74) is 3.47. The van der Waals surface area contributed by atoms with Crippen molar-refractivity contribution in [2.75, 3.05) is 5.32 Å². The van der Waals surface area contributed by atoms with Crippen LogP contribution in [0.3, 0.4) is 0 Å². The predicted octanol–water partition coefficient (Wildman–Crippen LogP) is 3.58. The lowest BCUT2D eigenvalue weighted by Gasteiger charge is -2.14. The zero-order valence-electron chi connectivity index (χ0n) is 8.59. The van der Waals surface area contributed by atoms with Crippen molar-refractivity contribution in [1.82, 2.24) is 0 Å². The first-order chi connectivity index (χ1) is 6.11. The van der Waals surface area contributed by atoms with Crippen molar-refractivity contribution in [2.45, 2.75) is 20.8 Å². The second-order valence-electron chi connectivity index (χ2n) is 3.62. The van der Waals surface area contributed by atoms with Crippen LogP contribution in [0.15, 0.2) is 36.5 Å². The predicted molar refractivity (Wildman–Crippen MR) is 58.8 cm³/mol. The minimum absolute atomic E-state index is 0.472. The molecule has 0 atom stereocenters. The number of nitrogens with one attached hydrogen (secondary N) is 1. The Morgan fingerprint density at radius 2 is 1.92 bits per heavy atom. The van der Waals surface area contributed by atoms with Crippen molar-refractivity contribution in [3.63, 3.8) is 0 Å². The molecule has 0 saturated heterocycles. The molecule has 0 aliphatic rings. The Hall–Kier alpha value is -1.24. The van der Waals surface area contributed by atoms with Crippen LogP contribution in [0.5, 0.6) is 0 Å². The number of allylic oxidation sites excluding steroid dienone is 1. The third-order valence-corrected chi connectivity index (χ3v) is 2.14. The maximum Gasteiger partial charge on any atom is 0.0411 e. The lowest BCUT2D eigenvalue weighted by molar-refractivity contribution is 0.778. The lowest BCUT2D eigenvalue weighted by atomic mass is 10.1. The number of para-hydroxylation sites is 1. The third-order valence-electron chi connectivity index (χ3n) is 2.14. The van der Waals surface area contributed by atoms with Gasteiger partial charge in [-0.25, -0.2) is 0 Å². The molecule has 0 saturated carbocycles. The van der Waals surface area contributed by atoms with Crippen molar-refractivity contribution in [3.8, 4) is 0 Å². The summed E-state index contributed by atoms with van der Waals surface area (Å²) in [6, 6.07) is 8.24. The van der Waals surface area contributed by atoms with E-state index in [-0.39, 0.29) is 0 Å². The van der Waals surface area contributed by atoms with Crippen LogP contribution >= 0.6 is 0 Å². The molecule has 0 radical (unpaired) electrons. The Balaban J connectivity index is 2.75. The summed E-state index contributed by atoms with van der Waals surface area (Å²) in [6.07, 6.45) is 0.